The first-order valence-corrected chi connectivity index (χ1v) is 10.9. The fraction of sp³-hybridized carbons (Fsp3) is 0.542. The topological polar surface area (TPSA) is 72.6 Å². The molecule has 2 aliphatic rings. The van der Waals surface area contributed by atoms with E-state index in [9.17, 15) is 9.59 Å². The van der Waals surface area contributed by atoms with Crippen LogP contribution in [0.25, 0.3) is 11.3 Å². The number of piperidine rings is 1. The van der Waals surface area contributed by atoms with Gasteiger partial charge in [-0.3, -0.25) is 9.59 Å². The average Bonchev–Trinajstić information content (AvgIpc) is 3.30. The van der Waals surface area contributed by atoms with Crippen LogP contribution in [0.5, 0.6) is 0 Å². The first-order valence-electron chi connectivity index (χ1n) is 10.9. The van der Waals surface area contributed by atoms with Gasteiger partial charge in [0.25, 0.3) is 0 Å². The highest BCUT2D eigenvalue weighted by Crippen LogP contribution is 2.42. The zero-order valence-electron chi connectivity index (χ0n) is 18.0. The summed E-state index contributed by atoms with van der Waals surface area (Å²) in [4.78, 5) is 27.4. The van der Waals surface area contributed by atoms with E-state index in [0.717, 1.165) is 17.7 Å². The van der Waals surface area contributed by atoms with Crippen LogP contribution in [0.2, 0.25) is 0 Å². The smallest absolute Gasteiger partial charge is 0.312 e. The van der Waals surface area contributed by atoms with Crippen LogP contribution in [0.4, 0.5) is 0 Å². The second-order valence-corrected chi connectivity index (χ2v) is 8.87. The monoisotopic (exact) mass is 410 g/mol. The van der Waals surface area contributed by atoms with Crippen LogP contribution in [-0.2, 0) is 20.7 Å². The van der Waals surface area contributed by atoms with Crippen molar-refractivity contribution in [2.75, 3.05) is 19.7 Å². The molecule has 0 bridgehead atoms. The number of ether oxygens (including phenoxy) is 1. The third-order valence-corrected chi connectivity index (χ3v) is 6.59. The Hall–Kier alpha value is -2.63. The van der Waals surface area contributed by atoms with Gasteiger partial charge in [-0.05, 0) is 39.0 Å². The van der Waals surface area contributed by atoms with Crippen molar-refractivity contribution in [3.63, 3.8) is 0 Å². The van der Waals surface area contributed by atoms with Crippen molar-refractivity contribution in [1.29, 1.82) is 0 Å². The van der Waals surface area contributed by atoms with Crippen molar-refractivity contribution in [2.24, 2.45) is 17.3 Å². The van der Waals surface area contributed by atoms with Gasteiger partial charge >= 0.3 is 5.97 Å². The van der Waals surface area contributed by atoms with Gasteiger partial charge in [-0.1, -0.05) is 41.9 Å². The molecule has 2 atom stereocenters. The van der Waals surface area contributed by atoms with E-state index in [4.69, 9.17) is 9.26 Å². The van der Waals surface area contributed by atoms with Gasteiger partial charge in [0.1, 0.15) is 11.5 Å². The van der Waals surface area contributed by atoms with E-state index in [0.29, 0.717) is 50.6 Å². The average molecular weight is 411 g/mol. The molecular formula is C24H30N2O4. The molecule has 1 amide bonds. The minimum Gasteiger partial charge on any atom is -0.466 e. The largest absolute Gasteiger partial charge is 0.466 e. The highest BCUT2D eigenvalue weighted by molar-refractivity contribution is 5.82. The molecule has 1 saturated carbocycles. The fourth-order valence-corrected chi connectivity index (χ4v) is 4.38. The van der Waals surface area contributed by atoms with Crippen molar-refractivity contribution in [3.05, 3.63) is 41.7 Å². The van der Waals surface area contributed by atoms with E-state index in [1.807, 2.05) is 49.1 Å². The SMILES string of the molecule is CCOC(=O)C1(Cc2cc(-c3ccc(C)cc3)no2)CCN(C(=O)C2CC2C)CC1. The Morgan fingerprint density at radius 2 is 1.90 bits per heavy atom. The lowest BCUT2D eigenvalue weighted by Crippen LogP contribution is -2.48. The normalized spacial score (nSPS) is 22.6. The summed E-state index contributed by atoms with van der Waals surface area (Å²) in [5.41, 5.74) is 2.26. The summed E-state index contributed by atoms with van der Waals surface area (Å²) >= 11 is 0. The summed E-state index contributed by atoms with van der Waals surface area (Å²) in [5.74, 6) is 1.37. The molecule has 6 nitrogen and oxygen atoms in total. The molecule has 1 aromatic carbocycles. The minimum absolute atomic E-state index is 0.173. The quantitative estimate of drug-likeness (QED) is 0.673. The molecule has 2 aromatic rings. The molecule has 1 aliphatic heterocycles. The second kappa shape index (κ2) is 8.25. The zero-order valence-corrected chi connectivity index (χ0v) is 18.0. The fourth-order valence-electron chi connectivity index (χ4n) is 4.38. The van der Waals surface area contributed by atoms with Crippen LogP contribution in [0.1, 0.15) is 44.4 Å². The maximum absolute atomic E-state index is 12.9. The Bertz CT molecular complexity index is 910. The molecule has 0 spiro atoms. The molecule has 2 fully saturated rings. The van der Waals surface area contributed by atoms with E-state index in [1.165, 1.54) is 5.56 Å². The van der Waals surface area contributed by atoms with E-state index in [-0.39, 0.29) is 17.8 Å². The Morgan fingerprint density at radius 1 is 1.23 bits per heavy atom. The standard InChI is InChI=1S/C24H30N2O4/c1-4-29-23(28)24(9-11-26(12-10-24)22(27)20-13-17(20)3)15-19-14-21(25-30-19)18-7-5-16(2)6-8-18/h5-8,14,17,20H,4,9-13,15H2,1-3H3. The number of carbonyl (C=O) groups excluding carboxylic acids is 2. The van der Waals surface area contributed by atoms with Crippen LogP contribution < -0.4 is 0 Å². The molecule has 6 heteroatoms. The molecule has 1 aromatic heterocycles. The van der Waals surface area contributed by atoms with Gasteiger partial charge in [0.15, 0.2) is 0 Å². The lowest BCUT2D eigenvalue weighted by molar-refractivity contribution is -0.160. The number of amides is 1. The maximum Gasteiger partial charge on any atom is 0.312 e. The van der Waals surface area contributed by atoms with Crippen LogP contribution in [0.3, 0.4) is 0 Å². The zero-order chi connectivity index (χ0) is 21.3. The van der Waals surface area contributed by atoms with Gasteiger partial charge in [-0.25, -0.2) is 0 Å². The number of likely N-dealkylation sites (tertiary alicyclic amines) is 1. The van der Waals surface area contributed by atoms with Crippen LogP contribution in [0, 0.1) is 24.2 Å². The molecule has 2 unspecified atom stereocenters. The summed E-state index contributed by atoms with van der Waals surface area (Å²) in [6, 6.07) is 10.0. The van der Waals surface area contributed by atoms with E-state index in [1.54, 1.807) is 0 Å². The van der Waals surface area contributed by atoms with Crippen LogP contribution in [-0.4, -0.2) is 41.6 Å². The number of aromatic nitrogens is 1. The van der Waals surface area contributed by atoms with E-state index < -0.39 is 5.41 Å². The first-order chi connectivity index (χ1) is 14.4. The first kappa shape index (κ1) is 20.6. The summed E-state index contributed by atoms with van der Waals surface area (Å²) in [6.07, 6.45) is 2.59. The number of hydrogen-bond donors (Lipinski definition) is 0. The minimum atomic E-state index is -0.675. The number of hydrogen-bond acceptors (Lipinski definition) is 5. The van der Waals surface area contributed by atoms with E-state index >= 15 is 0 Å². The van der Waals surface area contributed by atoms with Gasteiger partial charge in [0.05, 0.1) is 12.0 Å². The summed E-state index contributed by atoms with van der Waals surface area (Å²) in [7, 11) is 0. The molecular weight excluding hydrogens is 380 g/mol. The lowest BCUT2D eigenvalue weighted by atomic mass is 9.74. The molecule has 4 rings (SSSR count). The molecule has 30 heavy (non-hydrogen) atoms. The molecule has 1 saturated heterocycles. The summed E-state index contributed by atoms with van der Waals surface area (Å²) in [6.45, 7) is 7.49. The number of aryl methyl sites for hydroxylation is 1. The van der Waals surface area contributed by atoms with Crippen molar-refractivity contribution < 1.29 is 18.8 Å². The Balaban J connectivity index is 1.49. The molecule has 160 valence electrons. The second-order valence-electron chi connectivity index (χ2n) is 8.87. The molecule has 0 radical (unpaired) electrons. The van der Waals surface area contributed by atoms with Gasteiger partial charge in [0.2, 0.25) is 5.91 Å². The Morgan fingerprint density at radius 3 is 2.50 bits per heavy atom. The van der Waals surface area contributed by atoms with Gasteiger partial charge in [-0.2, -0.15) is 0 Å². The molecule has 2 heterocycles. The molecule has 0 N–H and O–H groups in total. The third kappa shape index (κ3) is 4.13. The van der Waals surface area contributed by atoms with Crippen molar-refractivity contribution in [1.82, 2.24) is 10.1 Å². The number of esters is 1. The van der Waals surface area contributed by atoms with Crippen molar-refractivity contribution in [2.45, 2.75) is 46.5 Å². The highest BCUT2D eigenvalue weighted by Gasteiger charge is 2.47. The Kier molecular flexibility index (Phi) is 5.67. The third-order valence-electron chi connectivity index (χ3n) is 6.59. The maximum atomic E-state index is 12.9. The van der Waals surface area contributed by atoms with Gasteiger partial charge in [0, 0.05) is 37.1 Å². The Labute approximate surface area is 177 Å². The van der Waals surface area contributed by atoms with Gasteiger partial charge < -0.3 is 14.2 Å². The van der Waals surface area contributed by atoms with Crippen molar-refractivity contribution >= 4 is 11.9 Å². The number of nitrogens with zero attached hydrogens (tertiary/aromatic N) is 2. The highest BCUT2D eigenvalue weighted by atomic mass is 16.5. The van der Waals surface area contributed by atoms with Crippen LogP contribution in [0.15, 0.2) is 34.9 Å². The van der Waals surface area contributed by atoms with Gasteiger partial charge in [-0.15, -0.1) is 0 Å². The predicted molar refractivity (Wildman–Crippen MR) is 113 cm³/mol. The molecule has 1 aliphatic carbocycles. The number of carbonyl (C=O) groups is 2. The lowest BCUT2D eigenvalue weighted by Gasteiger charge is -2.39. The van der Waals surface area contributed by atoms with Crippen molar-refractivity contribution in [3.8, 4) is 11.3 Å². The van der Waals surface area contributed by atoms with Crippen LogP contribution >= 0.6 is 0 Å². The summed E-state index contributed by atoms with van der Waals surface area (Å²) in [5, 5.41) is 4.21. The number of benzene rings is 1. The number of rotatable bonds is 6. The summed E-state index contributed by atoms with van der Waals surface area (Å²) < 4.78 is 11.0. The van der Waals surface area contributed by atoms with E-state index in [2.05, 4.69) is 12.1 Å². The predicted octanol–water partition coefficient (Wildman–Crippen LogP) is 4.02.